The van der Waals surface area contributed by atoms with E-state index >= 15 is 0 Å². The fourth-order valence-electron chi connectivity index (χ4n) is 1.53. The first kappa shape index (κ1) is 15.3. The zero-order valence-corrected chi connectivity index (χ0v) is 11.4. The lowest BCUT2D eigenvalue weighted by molar-refractivity contribution is 0.121. The van der Waals surface area contributed by atoms with E-state index in [-0.39, 0.29) is 28.8 Å². The summed E-state index contributed by atoms with van der Waals surface area (Å²) >= 11 is 5.44. The van der Waals surface area contributed by atoms with Gasteiger partial charge in [-0.25, -0.2) is 17.2 Å². The van der Waals surface area contributed by atoms with Crippen molar-refractivity contribution >= 4 is 21.6 Å². The zero-order valence-electron chi connectivity index (χ0n) is 9.86. The summed E-state index contributed by atoms with van der Waals surface area (Å²) in [5.74, 6) is -0.00340. The third kappa shape index (κ3) is 3.18. The number of hydrogen-bond donors (Lipinski definition) is 0. The standard InChI is InChI=1S/C9H13ClF2N2O3S/c1-6-9(7(2)17-13-6)18(15,16)14(4-3-10)5-8(11)12/h8H,3-5H2,1-2H3. The molecular formula is C9H13ClF2N2O3S. The van der Waals surface area contributed by atoms with Gasteiger partial charge in [-0.3, -0.25) is 0 Å². The van der Waals surface area contributed by atoms with E-state index in [0.29, 0.717) is 4.31 Å². The molecule has 1 heterocycles. The van der Waals surface area contributed by atoms with E-state index < -0.39 is 23.0 Å². The van der Waals surface area contributed by atoms with Crippen molar-refractivity contribution in [1.29, 1.82) is 0 Å². The Bertz CT molecular complexity index is 484. The van der Waals surface area contributed by atoms with Gasteiger partial charge in [0.05, 0.1) is 6.54 Å². The van der Waals surface area contributed by atoms with Crippen molar-refractivity contribution in [1.82, 2.24) is 9.46 Å². The number of aromatic nitrogens is 1. The Morgan fingerprint density at radius 1 is 1.44 bits per heavy atom. The molecule has 0 saturated carbocycles. The van der Waals surface area contributed by atoms with Gasteiger partial charge in [0.15, 0.2) is 5.76 Å². The number of hydrogen-bond acceptors (Lipinski definition) is 4. The average molecular weight is 303 g/mol. The maximum Gasteiger partial charge on any atom is 0.252 e. The molecule has 5 nitrogen and oxygen atoms in total. The van der Waals surface area contributed by atoms with Crippen molar-refractivity contribution in [2.45, 2.75) is 25.2 Å². The molecule has 1 aromatic heterocycles. The van der Waals surface area contributed by atoms with Crippen LogP contribution in [-0.4, -0.2) is 43.3 Å². The molecule has 0 spiro atoms. The molecule has 1 rings (SSSR count). The first-order chi connectivity index (χ1) is 8.30. The fourth-order valence-corrected chi connectivity index (χ4v) is 3.54. The summed E-state index contributed by atoms with van der Waals surface area (Å²) in [7, 11) is -4.06. The minimum atomic E-state index is -4.06. The zero-order chi connectivity index (χ0) is 13.9. The van der Waals surface area contributed by atoms with Crippen molar-refractivity contribution < 1.29 is 21.7 Å². The van der Waals surface area contributed by atoms with Crippen LogP contribution < -0.4 is 0 Å². The van der Waals surface area contributed by atoms with E-state index in [1.54, 1.807) is 0 Å². The highest BCUT2D eigenvalue weighted by Crippen LogP contribution is 2.23. The summed E-state index contributed by atoms with van der Waals surface area (Å²) in [5, 5.41) is 3.50. The summed E-state index contributed by atoms with van der Waals surface area (Å²) in [6.45, 7) is 1.75. The van der Waals surface area contributed by atoms with Crippen molar-refractivity contribution in [3.63, 3.8) is 0 Å². The normalized spacial score (nSPS) is 12.6. The molecule has 18 heavy (non-hydrogen) atoms. The van der Waals surface area contributed by atoms with Crippen LogP contribution >= 0.6 is 11.6 Å². The Morgan fingerprint density at radius 2 is 2.06 bits per heavy atom. The second-order valence-corrected chi connectivity index (χ2v) is 5.85. The van der Waals surface area contributed by atoms with Crippen LogP contribution in [0.2, 0.25) is 0 Å². The molecule has 104 valence electrons. The predicted molar refractivity (Wildman–Crippen MR) is 61.5 cm³/mol. The van der Waals surface area contributed by atoms with E-state index in [0.717, 1.165) is 0 Å². The van der Waals surface area contributed by atoms with Crippen LogP contribution in [0.3, 0.4) is 0 Å². The highest BCUT2D eigenvalue weighted by Gasteiger charge is 2.32. The molecule has 0 aromatic carbocycles. The largest absolute Gasteiger partial charge is 0.360 e. The third-order valence-corrected chi connectivity index (χ3v) is 4.52. The minimum absolute atomic E-state index is 0.0707. The highest BCUT2D eigenvalue weighted by molar-refractivity contribution is 7.89. The molecule has 0 bridgehead atoms. The van der Waals surface area contributed by atoms with Gasteiger partial charge in [0.25, 0.3) is 6.43 Å². The van der Waals surface area contributed by atoms with E-state index in [4.69, 9.17) is 16.1 Å². The first-order valence-corrected chi connectivity index (χ1v) is 7.05. The summed E-state index contributed by atoms with van der Waals surface area (Å²) < 4.78 is 54.5. The van der Waals surface area contributed by atoms with E-state index in [9.17, 15) is 17.2 Å². The lowest BCUT2D eigenvalue weighted by atomic mass is 10.4. The molecule has 0 atom stereocenters. The molecule has 0 saturated heterocycles. The lowest BCUT2D eigenvalue weighted by Crippen LogP contribution is -2.37. The van der Waals surface area contributed by atoms with Crippen LogP contribution in [0.25, 0.3) is 0 Å². The first-order valence-electron chi connectivity index (χ1n) is 5.07. The Labute approximate surface area is 109 Å². The molecule has 0 aliphatic rings. The fraction of sp³-hybridized carbons (Fsp3) is 0.667. The van der Waals surface area contributed by atoms with Gasteiger partial charge in [-0.1, -0.05) is 5.16 Å². The van der Waals surface area contributed by atoms with Gasteiger partial charge in [-0.15, -0.1) is 11.6 Å². The van der Waals surface area contributed by atoms with Crippen molar-refractivity contribution in [3.8, 4) is 0 Å². The topological polar surface area (TPSA) is 63.4 Å². The second kappa shape index (κ2) is 5.94. The molecule has 0 amide bonds. The summed E-state index contributed by atoms with van der Waals surface area (Å²) in [6, 6.07) is 0. The maximum absolute atomic E-state index is 12.4. The smallest absolute Gasteiger partial charge is 0.252 e. The summed E-state index contributed by atoms with van der Waals surface area (Å²) in [4.78, 5) is -0.173. The number of rotatable bonds is 6. The Balaban J connectivity index is 3.17. The van der Waals surface area contributed by atoms with Gasteiger partial charge >= 0.3 is 0 Å². The average Bonchev–Trinajstić information content (AvgIpc) is 2.57. The van der Waals surface area contributed by atoms with Gasteiger partial charge in [0.1, 0.15) is 10.6 Å². The van der Waals surface area contributed by atoms with Crippen molar-refractivity contribution in [2.24, 2.45) is 0 Å². The van der Waals surface area contributed by atoms with Gasteiger partial charge in [-0.2, -0.15) is 4.31 Å². The number of sulfonamides is 1. The highest BCUT2D eigenvalue weighted by atomic mass is 35.5. The molecule has 9 heteroatoms. The number of halogens is 3. The van der Waals surface area contributed by atoms with Gasteiger partial charge < -0.3 is 4.52 Å². The van der Waals surface area contributed by atoms with Crippen molar-refractivity contribution in [2.75, 3.05) is 19.0 Å². The Morgan fingerprint density at radius 3 is 2.44 bits per heavy atom. The van der Waals surface area contributed by atoms with Crippen LogP contribution in [0.1, 0.15) is 11.5 Å². The Hall–Kier alpha value is -0.730. The van der Waals surface area contributed by atoms with Gasteiger partial charge in [0, 0.05) is 12.4 Å². The Kier molecular flexibility index (Phi) is 5.06. The monoisotopic (exact) mass is 302 g/mol. The lowest BCUT2D eigenvalue weighted by Gasteiger charge is -2.20. The quantitative estimate of drug-likeness (QED) is 0.752. The number of alkyl halides is 3. The SMILES string of the molecule is Cc1noc(C)c1S(=O)(=O)N(CCCl)CC(F)F. The van der Waals surface area contributed by atoms with Gasteiger partial charge in [-0.05, 0) is 13.8 Å². The van der Waals surface area contributed by atoms with Crippen LogP contribution in [0.5, 0.6) is 0 Å². The van der Waals surface area contributed by atoms with Crippen LogP contribution in [-0.2, 0) is 10.0 Å². The molecule has 0 aliphatic heterocycles. The molecular weight excluding hydrogens is 290 g/mol. The molecule has 0 N–H and O–H groups in total. The van der Waals surface area contributed by atoms with Crippen LogP contribution in [0.15, 0.2) is 9.42 Å². The molecule has 0 unspecified atom stereocenters. The van der Waals surface area contributed by atoms with Crippen molar-refractivity contribution in [3.05, 3.63) is 11.5 Å². The third-order valence-electron chi connectivity index (χ3n) is 2.24. The van der Waals surface area contributed by atoms with Crippen LogP contribution in [0.4, 0.5) is 8.78 Å². The molecule has 0 aliphatic carbocycles. The molecule has 0 radical (unpaired) electrons. The molecule has 1 aromatic rings. The van der Waals surface area contributed by atoms with Gasteiger partial charge in [0.2, 0.25) is 10.0 Å². The van der Waals surface area contributed by atoms with E-state index in [1.807, 2.05) is 0 Å². The molecule has 0 fully saturated rings. The van der Waals surface area contributed by atoms with E-state index in [2.05, 4.69) is 5.16 Å². The van der Waals surface area contributed by atoms with E-state index in [1.165, 1.54) is 13.8 Å². The predicted octanol–water partition coefficient (Wildman–Crippen LogP) is 1.79. The maximum atomic E-state index is 12.4. The number of aryl methyl sites for hydroxylation is 2. The summed E-state index contributed by atoms with van der Waals surface area (Å²) in [5.41, 5.74) is 0.140. The summed E-state index contributed by atoms with van der Waals surface area (Å²) in [6.07, 6.45) is -2.77. The number of nitrogens with zero attached hydrogens (tertiary/aromatic N) is 2. The minimum Gasteiger partial charge on any atom is -0.360 e. The second-order valence-electron chi connectivity index (χ2n) is 3.60. The van der Waals surface area contributed by atoms with Crippen LogP contribution in [0, 0.1) is 13.8 Å².